The fourth-order valence-electron chi connectivity index (χ4n) is 1.67. The molecule has 1 heterocycles. The van der Waals surface area contributed by atoms with E-state index in [-0.39, 0.29) is 0 Å². The van der Waals surface area contributed by atoms with Crippen molar-refractivity contribution in [2.24, 2.45) is 0 Å². The first-order chi connectivity index (χ1) is 10.8. The lowest BCUT2D eigenvalue weighted by Gasteiger charge is -2.03. The van der Waals surface area contributed by atoms with E-state index in [2.05, 4.69) is 33.1 Å². The van der Waals surface area contributed by atoms with Crippen LogP contribution in [0.3, 0.4) is 0 Å². The first-order valence-electron chi connectivity index (χ1n) is 7.06. The Morgan fingerprint density at radius 2 is 1.91 bits per heavy atom. The highest BCUT2D eigenvalue weighted by molar-refractivity contribution is 7.00. The normalized spacial score (nSPS) is 11.1. The smallest absolute Gasteiger partial charge is 0.475 e. The first-order valence-corrected chi connectivity index (χ1v) is 7.79. The van der Waals surface area contributed by atoms with Crippen molar-refractivity contribution in [2.45, 2.75) is 38.9 Å². The summed E-state index contributed by atoms with van der Waals surface area (Å²) in [4.78, 5) is 8.90. The molecule has 0 spiro atoms. The molecule has 1 aromatic carbocycles. The molecule has 0 amide bonds. The molecule has 0 saturated carbocycles. The number of rotatable bonds is 6. The molecule has 1 aromatic heterocycles. The zero-order valence-corrected chi connectivity index (χ0v) is 13.4. The molecular formula is C14H18F3N3O2S. The summed E-state index contributed by atoms with van der Waals surface area (Å²) in [6.45, 7) is 4.25. The molecule has 2 rings (SSSR count). The van der Waals surface area contributed by atoms with Gasteiger partial charge in [-0.3, -0.25) is 0 Å². The van der Waals surface area contributed by atoms with Gasteiger partial charge >= 0.3 is 12.1 Å². The van der Waals surface area contributed by atoms with E-state index in [0.717, 1.165) is 24.1 Å². The Balaban J connectivity index is 0.000000322. The Labute approximate surface area is 135 Å². The zero-order valence-electron chi connectivity index (χ0n) is 12.6. The Hall–Kier alpha value is -1.74. The predicted octanol–water partition coefficient (Wildman–Crippen LogP) is 3.60. The molecule has 0 aliphatic rings. The lowest BCUT2D eigenvalue weighted by atomic mass is 10.2. The van der Waals surface area contributed by atoms with Crippen molar-refractivity contribution in [1.29, 1.82) is 0 Å². The van der Waals surface area contributed by atoms with Crippen molar-refractivity contribution in [3.8, 4) is 0 Å². The Bertz CT molecular complexity index is 617. The lowest BCUT2D eigenvalue weighted by Crippen LogP contribution is -2.21. The SMILES string of the molecule is CCCCCNCc1ccc2nsnc2c1.O=C(O)C(F)(F)F. The van der Waals surface area contributed by atoms with E-state index in [1.54, 1.807) is 0 Å². The molecule has 0 radical (unpaired) electrons. The Morgan fingerprint density at radius 1 is 1.26 bits per heavy atom. The molecular weight excluding hydrogens is 331 g/mol. The van der Waals surface area contributed by atoms with Crippen LogP contribution in [0.5, 0.6) is 0 Å². The second kappa shape index (κ2) is 9.41. The van der Waals surface area contributed by atoms with Gasteiger partial charge in [0.2, 0.25) is 0 Å². The van der Waals surface area contributed by atoms with Gasteiger partial charge in [-0.25, -0.2) is 4.79 Å². The fraction of sp³-hybridized carbons (Fsp3) is 0.500. The largest absolute Gasteiger partial charge is 0.490 e. The number of benzene rings is 1. The van der Waals surface area contributed by atoms with Crippen molar-refractivity contribution in [2.75, 3.05) is 6.54 Å². The summed E-state index contributed by atoms with van der Waals surface area (Å²) in [5.41, 5.74) is 3.30. The van der Waals surface area contributed by atoms with Crippen molar-refractivity contribution in [3.05, 3.63) is 23.8 Å². The van der Waals surface area contributed by atoms with Crippen LogP contribution in [0.1, 0.15) is 31.7 Å². The number of alkyl halides is 3. The van der Waals surface area contributed by atoms with E-state index < -0.39 is 12.1 Å². The topological polar surface area (TPSA) is 75.1 Å². The molecule has 0 saturated heterocycles. The number of carbonyl (C=O) groups is 1. The number of hydrogen-bond donors (Lipinski definition) is 2. The second-order valence-corrected chi connectivity index (χ2v) is 5.30. The highest BCUT2D eigenvalue weighted by Gasteiger charge is 2.38. The van der Waals surface area contributed by atoms with Crippen molar-refractivity contribution < 1.29 is 23.1 Å². The number of aromatic nitrogens is 2. The van der Waals surface area contributed by atoms with Crippen molar-refractivity contribution in [3.63, 3.8) is 0 Å². The van der Waals surface area contributed by atoms with Gasteiger partial charge in [0.05, 0.1) is 11.7 Å². The minimum atomic E-state index is -5.08. The summed E-state index contributed by atoms with van der Waals surface area (Å²) >= 11 is 1.28. The van der Waals surface area contributed by atoms with Crippen LogP contribution in [0.15, 0.2) is 18.2 Å². The van der Waals surface area contributed by atoms with Crippen molar-refractivity contribution in [1.82, 2.24) is 14.1 Å². The van der Waals surface area contributed by atoms with Crippen LogP contribution < -0.4 is 5.32 Å². The molecule has 0 unspecified atom stereocenters. The Kier molecular flexibility index (Phi) is 7.90. The Morgan fingerprint density at radius 3 is 2.52 bits per heavy atom. The van der Waals surface area contributed by atoms with Crippen LogP contribution in [-0.4, -0.2) is 32.5 Å². The van der Waals surface area contributed by atoms with Gasteiger partial charge in [-0.1, -0.05) is 25.8 Å². The van der Waals surface area contributed by atoms with Crippen LogP contribution in [0, 0.1) is 0 Å². The average Bonchev–Trinajstić information content (AvgIpc) is 2.94. The standard InChI is InChI=1S/C12H17N3S.C2HF3O2/c1-2-3-4-7-13-9-10-5-6-11-12(8-10)15-16-14-11;3-2(4,5)1(6)7/h5-6,8,13H,2-4,7,9H2,1H3;(H,6,7). The number of fused-ring (bicyclic) bond motifs is 1. The molecule has 0 aliphatic carbocycles. The highest BCUT2D eigenvalue weighted by Crippen LogP contribution is 2.13. The van der Waals surface area contributed by atoms with E-state index in [1.807, 2.05) is 6.07 Å². The molecule has 9 heteroatoms. The molecule has 0 fully saturated rings. The predicted molar refractivity (Wildman–Crippen MR) is 82.3 cm³/mol. The zero-order chi connectivity index (χ0) is 17.3. The molecule has 23 heavy (non-hydrogen) atoms. The first kappa shape index (κ1) is 19.3. The third kappa shape index (κ3) is 7.38. The molecule has 5 nitrogen and oxygen atoms in total. The number of carboxylic acids is 1. The number of nitrogens with zero attached hydrogens (tertiary/aromatic N) is 2. The van der Waals surface area contributed by atoms with Gasteiger partial charge in [0.25, 0.3) is 0 Å². The number of halogens is 3. The second-order valence-electron chi connectivity index (χ2n) is 4.77. The quantitative estimate of drug-likeness (QED) is 0.780. The van der Waals surface area contributed by atoms with Crippen LogP contribution in [0.4, 0.5) is 13.2 Å². The summed E-state index contributed by atoms with van der Waals surface area (Å²) < 4.78 is 40.2. The number of hydrogen-bond acceptors (Lipinski definition) is 5. The monoisotopic (exact) mass is 349 g/mol. The summed E-state index contributed by atoms with van der Waals surface area (Å²) in [6.07, 6.45) is -1.24. The molecule has 128 valence electrons. The maximum Gasteiger partial charge on any atom is 0.490 e. The third-order valence-corrected chi connectivity index (χ3v) is 3.40. The van der Waals surface area contributed by atoms with Crippen LogP contribution in [-0.2, 0) is 11.3 Å². The fourth-order valence-corrected chi connectivity index (χ4v) is 2.19. The highest BCUT2D eigenvalue weighted by atomic mass is 32.1. The minimum Gasteiger partial charge on any atom is -0.475 e. The summed E-state index contributed by atoms with van der Waals surface area (Å²) in [7, 11) is 0. The van der Waals surface area contributed by atoms with E-state index in [4.69, 9.17) is 9.90 Å². The summed E-state index contributed by atoms with van der Waals surface area (Å²) in [6, 6.07) is 6.28. The average molecular weight is 349 g/mol. The van der Waals surface area contributed by atoms with Crippen LogP contribution >= 0.6 is 11.7 Å². The molecule has 0 aliphatic heterocycles. The van der Waals surface area contributed by atoms with Gasteiger partial charge in [-0.2, -0.15) is 21.9 Å². The minimum absolute atomic E-state index is 0.928. The van der Waals surface area contributed by atoms with Crippen LogP contribution in [0.2, 0.25) is 0 Å². The van der Waals surface area contributed by atoms with E-state index >= 15 is 0 Å². The number of unbranched alkanes of at least 4 members (excludes halogenated alkanes) is 2. The van der Waals surface area contributed by atoms with E-state index in [9.17, 15) is 13.2 Å². The van der Waals surface area contributed by atoms with Gasteiger partial charge in [-0.05, 0) is 30.7 Å². The molecule has 0 bridgehead atoms. The van der Waals surface area contributed by atoms with Gasteiger partial charge < -0.3 is 10.4 Å². The van der Waals surface area contributed by atoms with E-state index in [1.165, 1.54) is 36.6 Å². The van der Waals surface area contributed by atoms with Gasteiger partial charge in [0.1, 0.15) is 11.0 Å². The third-order valence-electron chi connectivity index (χ3n) is 2.85. The summed E-state index contributed by atoms with van der Waals surface area (Å²) in [5, 5.41) is 10.6. The maximum absolute atomic E-state index is 10.6. The molecule has 2 N–H and O–H groups in total. The van der Waals surface area contributed by atoms with Crippen molar-refractivity contribution >= 4 is 28.7 Å². The maximum atomic E-state index is 10.6. The summed E-state index contributed by atoms with van der Waals surface area (Å²) in [5.74, 6) is -2.76. The number of nitrogens with one attached hydrogen (secondary N) is 1. The van der Waals surface area contributed by atoms with Gasteiger partial charge in [-0.15, -0.1) is 0 Å². The lowest BCUT2D eigenvalue weighted by molar-refractivity contribution is -0.192. The van der Waals surface area contributed by atoms with E-state index in [0.29, 0.717) is 0 Å². The molecule has 0 atom stereocenters. The molecule has 2 aromatic rings. The number of carboxylic acid groups (broad SMARTS) is 1. The van der Waals surface area contributed by atoms with Crippen LogP contribution in [0.25, 0.3) is 11.0 Å². The van der Waals surface area contributed by atoms with Gasteiger partial charge in [0, 0.05) is 6.54 Å². The number of aliphatic carboxylic acids is 1. The van der Waals surface area contributed by atoms with Gasteiger partial charge in [0.15, 0.2) is 0 Å².